The molecule has 4 aliphatic carbocycles. The van der Waals surface area contributed by atoms with E-state index in [4.69, 9.17) is 4.74 Å². The maximum atomic E-state index is 12.7. The Balaban J connectivity index is 0.857. The summed E-state index contributed by atoms with van der Waals surface area (Å²) in [6, 6.07) is 10.7. The van der Waals surface area contributed by atoms with Crippen LogP contribution < -0.4 is 10.6 Å². The minimum Gasteiger partial charge on any atom is -0.379 e. The molecule has 4 fully saturated rings. The van der Waals surface area contributed by atoms with E-state index in [-0.39, 0.29) is 23.0 Å². The van der Waals surface area contributed by atoms with Gasteiger partial charge in [0.25, 0.3) is 0 Å². The van der Waals surface area contributed by atoms with Crippen molar-refractivity contribution in [3.63, 3.8) is 0 Å². The number of hydrogen-bond acceptors (Lipinski definition) is 6. The summed E-state index contributed by atoms with van der Waals surface area (Å²) < 4.78 is 7.21. The summed E-state index contributed by atoms with van der Waals surface area (Å²) in [4.78, 5) is 27.7. The quantitative estimate of drug-likeness (QED) is 0.119. The Morgan fingerprint density at radius 3 is 2.82 bits per heavy atom. The highest BCUT2D eigenvalue weighted by molar-refractivity contribution is 5.82. The number of benzene rings is 1. The fourth-order valence-corrected chi connectivity index (χ4v) is 11.3. The minimum atomic E-state index is -0.488. The van der Waals surface area contributed by atoms with Gasteiger partial charge < -0.3 is 15.2 Å². The van der Waals surface area contributed by atoms with Gasteiger partial charge in [0.1, 0.15) is 12.0 Å². The molecule has 2 aliphatic heterocycles. The largest absolute Gasteiger partial charge is 0.379 e. The van der Waals surface area contributed by atoms with Crippen molar-refractivity contribution in [3.8, 4) is 0 Å². The van der Waals surface area contributed by atoms with E-state index in [1.807, 2.05) is 18.2 Å². The number of likely N-dealkylation sites (tertiary alicyclic amines) is 1. The predicted molar refractivity (Wildman–Crippen MR) is 198 cm³/mol. The predicted octanol–water partition coefficient (Wildman–Crippen LogP) is 6.89. The topological polar surface area (TPSA) is 90.9 Å². The van der Waals surface area contributed by atoms with Gasteiger partial charge in [0.15, 0.2) is 0 Å². The average molecular weight is 686 g/mol. The number of rotatable bonds is 13. The molecule has 274 valence electrons. The third-order valence-electron chi connectivity index (χ3n) is 14.2. The van der Waals surface area contributed by atoms with E-state index < -0.39 is 6.23 Å². The number of fused-ring (bicyclic) bond motifs is 6. The third-order valence-corrected chi connectivity index (χ3v) is 14.2. The Hall–Kier alpha value is -2.32. The summed E-state index contributed by atoms with van der Waals surface area (Å²) in [5.41, 5.74) is 6.01. The number of carbonyl (C=O) groups excluding carboxylic acids is 2. The van der Waals surface area contributed by atoms with Crippen LogP contribution in [0, 0.1) is 29.1 Å². The Bertz CT molecular complexity index is 1440. The molecule has 1 amide bonds. The van der Waals surface area contributed by atoms with E-state index in [2.05, 4.69) is 54.5 Å². The highest BCUT2D eigenvalue weighted by Gasteiger charge is 2.58. The SMILES string of the molecule is CC1=C2CC3C(CC=C4CC(=O)CCC43C)C2CCC12CC1C(CC(C)CN1CCNC(=O)CCCCCNC(O)CCc1ccccc1)O2. The lowest BCUT2D eigenvalue weighted by Crippen LogP contribution is -2.51. The highest BCUT2D eigenvalue weighted by Crippen LogP contribution is 2.64. The molecule has 3 N–H and O–H groups in total. The zero-order valence-electron chi connectivity index (χ0n) is 31.1. The molecule has 9 unspecified atom stereocenters. The van der Waals surface area contributed by atoms with Crippen LogP contribution in [0.2, 0.25) is 0 Å². The van der Waals surface area contributed by atoms with Crippen LogP contribution in [0.4, 0.5) is 0 Å². The number of amides is 1. The molecule has 7 rings (SSSR count). The highest BCUT2D eigenvalue weighted by atomic mass is 16.5. The van der Waals surface area contributed by atoms with Gasteiger partial charge in [0.2, 0.25) is 5.91 Å². The van der Waals surface area contributed by atoms with Gasteiger partial charge >= 0.3 is 0 Å². The first-order chi connectivity index (χ1) is 24.1. The molecule has 2 heterocycles. The van der Waals surface area contributed by atoms with E-state index in [1.165, 1.54) is 24.0 Å². The van der Waals surface area contributed by atoms with Crippen LogP contribution in [-0.4, -0.2) is 71.9 Å². The number of carbonyl (C=O) groups is 2. The second kappa shape index (κ2) is 15.3. The van der Waals surface area contributed by atoms with Gasteiger partial charge in [-0.15, -0.1) is 0 Å². The van der Waals surface area contributed by atoms with Gasteiger partial charge in [0, 0.05) is 44.9 Å². The molecule has 6 aliphatic rings. The molecule has 7 heteroatoms. The molecule has 0 bridgehead atoms. The fraction of sp³-hybridized carbons (Fsp3) is 0.721. The van der Waals surface area contributed by atoms with Gasteiger partial charge in [-0.25, -0.2) is 0 Å². The zero-order chi connectivity index (χ0) is 34.9. The first kappa shape index (κ1) is 36.1. The van der Waals surface area contributed by atoms with Crippen LogP contribution in [0.15, 0.2) is 53.1 Å². The number of allylic oxidation sites excluding steroid dienone is 3. The third kappa shape index (κ3) is 7.44. The van der Waals surface area contributed by atoms with Crippen molar-refractivity contribution in [1.82, 2.24) is 15.5 Å². The van der Waals surface area contributed by atoms with Crippen molar-refractivity contribution in [2.24, 2.45) is 29.1 Å². The van der Waals surface area contributed by atoms with E-state index in [9.17, 15) is 14.7 Å². The lowest BCUT2D eigenvalue weighted by Gasteiger charge is -2.47. The molecule has 9 atom stereocenters. The van der Waals surface area contributed by atoms with Gasteiger partial charge in [0.05, 0.1) is 11.7 Å². The number of unbranched alkanes of at least 4 members (excludes halogenated alkanes) is 2. The Kier molecular flexibility index (Phi) is 11.1. The van der Waals surface area contributed by atoms with Crippen molar-refractivity contribution >= 4 is 11.7 Å². The normalized spacial score (nSPS) is 35.7. The first-order valence-corrected chi connectivity index (χ1v) is 20.2. The Morgan fingerprint density at radius 1 is 1.14 bits per heavy atom. The molecular weight excluding hydrogens is 622 g/mol. The first-order valence-electron chi connectivity index (χ1n) is 20.2. The minimum absolute atomic E-state index is 0.132. The number of Topliss-reactive ketones (excluding diaryl/α,β-unsaturated/α-hetero) is 1. The summed E-state index contributed by atoms with van der Waals surface area (Å²) in [5, 5.41) is 16.7. The van der Waals surface area contributed by atoms with Crippen LogP contribution in [0.3, 0.4) is 0 Å². The lowest BCUT2D eigenvalue weighted by atomic mass is 9.57. The van der Waals surface area contributed by atoms with Crippen molar-refractivity contribution in [2.45, 2.75) is 141 Å². The molecule has 2 saturated carbocycles. The second-order valence-corrected chi connectivity index (χ2v) is 17.3. The summed E-state index contributed by atoms with van der Waals surface area (Å²) >= 11 is 0. The second-order valence-electron chi connectivity index (χ2n) is 17.3. The van der Waals surface area contributed by atoms with Crippen molar-refractivity contribution in [2.75, 3.05) is 26.2 Å². The van der Waals surface area contributed by atoms with Gasteiger partial charge in [-0.2, -0.15) is 0 Å². The summed E-state index contributed by atoms with van der Waals surface area (Å²) in [5.74, 6) is 3.25. The number of aliphatic hydroxyl groups excluding tert-OH is 1. The van der Waals surface area contributed by atoms with E-state index >= 15 is 0 Å². The summed E-state index contributed by atoms with van der Waals surface area (Å²) in [6.07, 6.45) is 16.6. The molecular formula is C43H63N3O4. The molecule has 0 radical (unpaired) electrons. The van der Waals surface area contributed by atoms with Crippen LogP contribution in [0.25, 0.3) is 0 Å². The van der Waals surface area contributed by atoms with E-state index in [1.54, 1.807) is 11.1 Å². The van der Waals surface area contributed by atoms with Crippen LogP contribution in [0.5, 0.6) is 0 Å². The number of piperidine rings is 1. The molecule has 2 saturated heterocycles. The average Bonchev–Trinajstić information content (AvgIpc) is 3.68. The molecule has 1 spiro atoms. The molecule has 1 aromatic rings. The van der Waals surface area contributed by atoms with E-state index in [0.29, 0.717) is 55.4 Å². The fourth-order valence-electron chi connectivity index (χ4n) is 11.3. The number of aryl methyl sites for hydroxylation is 1. The van der Waals surface area contributed by atoms with Crippen LogP contribution in [-0.2, 0) is 20.7 Å². The number of ether oxygens (including phenoxy) is 1. The molecule has 1 aromatic carbocycles. The smallest absolute Gasteiger partial charge is 0.220 e. The number of hydrogen-bond donors (Lipinski definition) is 3. The van der Waals surface area contributed by atoms with Gasteiger partial charge in [-0.1, -0.05) is 67.8 Å². The van der Waals surface area contributed by atoms with Crippen molar-refractivity contribution in [3.05, 3.63) is 58.7 Å². The van der Waals surface area contributed by atoms with Crippen molar-refractivity contribution in [1.29, 1.82) is 0 Å². The standard InChI is InChI=1S/C43H63N3O4/c1-29-24-39-38(46(28-29)23-22-45-40(48)12-8-5-9-21-44-41(49)16-13-31-10-6-4-7-11-31)27-43(50-39)20-18-34-35-15-14-32-25-33(47)17-19-42(32,3)37(35)26-36(34)30(43)2/h4,6-7,10-11,14,29,34-35,37-39,41,44,49H,5,8-9,12-13,15-28H2,1-3H3,(H,45,48). The lowest BCUT2D eigenvalue weighted by molar-refractivity contribution is -0.122. The number of nitrogens with one attached hydrogen (secondary N) is 2. The zero-order valence-corrected chi connectivity index (χ0v) is 31.1. The Morgan fingerprint density at radius 2 is 1.98 bits per heavy atom. The molecule has 50 heavy (non-hydrogen) atoms. The number of aliphatic hydroxyl groups is 1. The number of ketones is 1. The van der Waals surface area contributed by atoms with Crippen LogP contribution in [0.1, 0.15) is 116 Å². The summed E-state index contributed by atoms with van der Waals surface area (Å²) in [6.45, 7) is 10.7. The van der Waals surface area contributed by atoms with Crippen molar-refractivity contribution < 1.29 is 19.4 Å². The maximum Gasteiger partial charge on any atom is 0.220 e. The maximum absolute atomic E-state index is 12.7. The van der Waals surface area contributed by atoms with Crippen LogP contribution >= 0.6 is 0 Å². The number of nitrogens with zero attached hydrogens (tertiary/aromatic N) is 1. The van der Waals surface area contributed by atoms with E-state index in [0.717, 1.165) is 89.8 Å². The Labute approximate surface area is 301 Å². The van der Waals surface area contributed by atoms with Gasteiger partial charge in [-0.05, 0) is 124 Å². The molecule has 0 aromatic heterocycles. The molecule has 7 nitrogen and oxygen atoms in total. The monoisotopic (exact) mass is 685 g/mol. The summed E-state index contributed by atoms with van der Waals surface area (Å²) in [7, 11) is 0. The van der Waals surface area contributed by atoms with Gasteiger partial charge in [-0.3, -0.25) is 19.8 Å².